The molecule has 0 radical (unpaired) electrons. The van der Waals surface area contributed by atoms with Crippen LogP contribution in [0.4, 0.5) is 5.82 Å². The first-order valence-corrected chi connectivity index (χ1v) is 11.3. The maximum absolute atomic E-state index is 5.43. The number of hydrogen-bond acceptors (Lipinski definition) is 7. The Balaban J connectivity index is 1.49. The van der Waals surface area contributed by atoms with E-state index in [4.69, 9.17) is 9.72 Å². The number of aromatic nitrogens is 3. The van der Waals surface area contributed by atoms with Crippen LogP contribution in [0.15, 0.2) is 6.33 Å². The molecule has 1 aliphatic carbocycles. The maximum atomic E-state index is 5.43. The van der Waals surface area contributed by atoms with E-state index in [2.05, 4.69) is 27.1 Å². The van der Waals surface area contributed by atoms with Gasteiger partial charge in [-0.3, -0.25) is 4.90 Å². The molecule has 1 saturated heterocycles. The number of fused-ring (bicyclic) bond motifs is 5. The lowest BCUT2D eigenvalue weighted by molar-refractivity contribution is 0.0398. The highest BCUT2D eigenvalue weighted by molar-refractivity contribution is 7.26. The molecule has 3 aromatic heterocycles. The molecule has 0 atom stereocenters. The third kappa shape index (κ3) is 3.25. The Hall–Kier alpha value is -1.83. The normalized spacial score (nSPS) is 17.9. The van der Waals surface area contributed by atoms with Crippen molar-refractivity contribution in [2.75, 3.05) is 44.7 Å². The summed E-state index contributed by atoms with van der Waals surface area (Å²) < 4.78 is 6.58. The molecule has 0 bridgehead atoms. The molecular weight excluding hydrogens is 370 g/mol. The number of morpholine rings is 1. The number of thiophene rings is 1. The second-order valence-electron chi connectivity index (χ2n) is 7.64. The Kier molecular flexibility index (Phi) is 5.13. The molecule has 5 rings (SSSR count). The van der Waals surface area contributed by atoms with Gasteiger partial charge in [0, 0.05) is 37.3 Å². The van der Waals surface area contributed by atoms with Gasteiger partial charge in [0.25, 0.3) is 0 Å². The van der Waals surface area contributed by atoms with Gasteiger partial charge in [0.2, 0.25) is 0 Å². The summed E-state index contributed by atoms with van der Waals surface area (Å²) in [5.41, 5.74) is 5.35. The Morgan fingerprint density at radius 1 is 1.14 bits per heavy atom. The van der Waals surface area contributed by atoms with Crippen LogP contribution in [-0.2, 0) is 24.0 Å². The van der Waals surface area contributed by atoms with Crippen LogP contribution < -0.4 is 5.32 Å². The van der Waals surface area contributed by atoms with E-state index in [-0.39, 0.29) is 0 Å². The highest BCUT2D eigenvalue weighted by Crippen LogP contribution is 2.40. The molecule has 1 fully saturated rings. The van der Waals surface area contributed by atoms with Gasteiger partial charge in [0.15, 0.2) is 0 Å². The molecule has 0 saturated carbocycles. The molecule has 7 heteroatoms. The number of nitrogens with one attached hydrogen (secondary N) is 1. The van der Waals surface area contributed by atoms with E-state index in [0.717, 1.165) is 79.5 Å². The van der Waals surface area contributed by atoms with E-state index >= 15 is 0 Å². The van der Waals surface area contributed by atoms with Gasteiger partial charge < -0.3 is 10.1 Å². The average Bonchev–Trinajstić information content (AvgIpc) is 3.13. The van der Waals surface area contributed by atoms with Crippen LogP contribution in [0.5, 0.6) is 0 Å². The van der Waals surface area contributed by atoms with Gasteiger partial charge in [-0.1, -0.05) is 6.92 Å². The first-order chi connectivity index (χ1) is 13.8. The van der Waals surface area contributed by atoms with Crippen LogP contribution in [0.3, 0.4) is 0 Å². The average molecular weight is 398 g/mol. The maximum Gasteiger partial charge on any atom is 0.147 e. The molecule has 0 aromatic carbocycles. The minimum atomic E-state index is 0.838. The second-order valence-corrected chi connectivity index (χ2v) is 8.64. The van der Waals surface area contributed by atoms with Crippen LogP contribution in [0, 0.1) is 0 Å². The fourth-order valence-corrected chi connectivity index (χ4v) is 5.66. The van der Waals surface area contributed by atoms with Gasteiger partial charge in [-0.25, -0.2) is 15.0 Å². The van der Waals surface area contributed by atoms with Crippen LogP contribution >= 0.6 is 11.3 Å². The van der Waals surface area contributed by atoms with Gasteiger partial charge in [0.05, 0.1) is 23.4 Å². The van der Waals surface area contributed by atoms with Crippen LogP contribution in [-0.4, -0.2) is 59.2 Å². The van der Waals surface area contributed by atoms with Crippen molar-refractivity contribution in [3.05, 3.63) is 23.1 Å². The third-order valence-electron chi connectivity index (χ3n) is 5.97. The van der Waals surface area contributed by atoms with Crippen LogP contribution in [0.2, 0.25) is 0 Å². The third-order valence-corrected chi connectivity index (χ3v) is 7.05. The van der Waals surface area contributed by atoms with Crippen molar-refractivity contribution in [2.45, 2.75) is 39.0 Å². The van der Waals surface area contributed by atoms with Gasteiger partial charge >= 0.3 is 0 Å². The zero-order valence-electron chi connectivity index (χ0n) is 16.5. The quantitative estimate of drug-likeness (QED) is 0.712. The number of rotatable bonds is 5. The largest absolute Gasteiger partial charge is 0.379 e. The highest BCUT2D eigenvalue weighted by Gasteiger charge is 2.22. The summed E-state index contributed by atoms with van der Waals surface area (Å²) >= 11 is 1.74. The van der Waals surface area contributed by atoms with E-state index < -0.39 is 0 Å². The number of aryl methyl sites for hydroxylation is 2. The Morgan fingerprint density at radius 2 is 1.96 bits per heavy atom. The summed E-state index contributed by atoms with van der Waals surface area (Å²) in [7, 11) is 0. The monoisotopic (exact) mass is 397 g/mol. The number of anilines is 1. The van der Waals surface area contributed by atoms with Gasteiger partial charge in [0.1, 0.15) is 17.0 Å². The van der Waals surface area contributed by atoms with E-state index in [0.29, 0.717) is 0 Å². The Morgan fingerprint density at radius 3 is 2.79 bits per heavy atom. The fraction of sp³-hybridized carbons (Fsp3) is 0.571. The second kappa shape index (κ2) is 7.89. The molecule has 4 heterocycles. The molecule has 0 spiro atoms. The summed E-state index contributed by atoms with van der Waals surface area (Å²) in [6.45, 7) is 7.81. The van der Waals surface area contributed by atoms with Crippen LogP contribution in [0.25, 0.3) is 20.4 Å². The van der Waals surface area contributed by atoms with Crippen molar-refractivity contribution in [3.63, 3.8) is 0 Å². The molecule has 3 aromatic rings. The molecule has 0 amide bonds. The predicted molar refractivity (Wildman–Crippen MR) is 114 cm³/mol. The lowest BCUT2D eigenvalue weighted by Gasteiger charge is -2.26. The standard InChI is InChI=1S/C21H27N5OS/c1-2-16-14-5-3-4-6-15(14)17-18-19(28-21(17)25-16)20(24-13-23-18)22-7-8-26-9-11-27-12-10-26/h13H,2-12H2,1H3,(H,22,23,24). The molecule has 148 valence electrons. The molecule has 28 heavy (non-hydrogen) atoms. The lowest BCUT2D eigenvalue weighted by atomic mass is 9.88. The summed E-state index contributed by atoms with van der Waals surface area (Å²) in [5, 5.41) is 4.84. The first kappa shape index (κ1) is 18.2. The van der Waals surface area contributed by atoms with Crippen molar-refractivity contribution >= 4 is 37.6 Å². The van der Waals surface area contributed by atoms with Gasteiger partial charge in [-0.15, -0.1) is 11.3 Å². The summed E-state index contributed by atoms with van der Waals surface area (Å²) in [4.78, 5) is 17.8. The number of pyridine rings is 1. The molecule has 0 unspecified atom stereocenters. The zero-order valence-corrected chi connectivity index (χ0v) is 17.3. The Labute approximate surface area is 169 Å². The minimum absolute atomic E-state index is 0.838. The molecular formula is C21H27N5OS. The van der Waals surface area contributed by atoms with Gasteiger partial charge in [-0.2, -0.15) is 0 Å². The van der Waals surface area contributed by atoms with E-state index in [1.165, 1.54) is 35.0 Å². The molecule has 6 nitrogen and oxygen atoms in total. The summed E-state index contributed by atoms with van der Waals surface area (Å²) in [6, 6.07) is 0. The summed E-state index contributed by atoms with van der Waals surface area (Å²) in [6.07, 6.45) is 7.56. The van der Waals surface area contributed by atoms with Crippen molar-refractivity contribution in [1.82, 2.24) is 19.9 Å². The minimum Gasteiger partial charge on any atom is -0.379 e. The topological polar surface area (TPSA) is 63.2 Å². The van der Waals surface area contributed by atoms with Crippen molar-refractivity contribution in [3.8, 4) is 0 Å². The van der Waals surface area contributed by atoms with Crippen molar-refractivity contribution in [2.24, 2.45) is 0 Å². The molecule has 2 aliphatic rings. The van der Waals surface area contributed by atoms with Gasteiger partial charge in [-0.05, 0) is 43.2 Å². The van der Waals surface area contributed by atoms with E-state index in [1.807, 2.05) is 0 Å². The zero-order chi connectivity index (χ0) is 18.9. The van der Waals surface area contributed by atoms with Crippen molar-refractivity contribution in [1.29, 1.82) is 0 Å². The number of hydrogen-bond donors (Lipinski definition) is 1. The van der Waals surface area contributed by atoms with E-state index in [9.17, 15) is 0 Å². The summed E-state index contributed by atoms with van der Waals surface area (Å²) in [5.74, 6) is 0.948. The lowest BCUT2D eigenvalue weighted by Crippen LogP contribution is -2.39. The van der Waals surface area contributed by atoms with E-state index in [1.54, 1.807) is 17.7 Å². The fourth-order valence-electron chi connectivity index (χ4n) is 4.51. The highest BCUT2D eigenvalue weighted by atomic mass is 32.1. The predicted octanol–water partition coefficient (Wildman–Crippen LogP) is 3.42. The SMILES string of the molecule is CCc1nc2sc3c(NCCN4CCOCC4)ncnc3c2c2c1CCCC2. The first-order valence-electron chi connectivity index (χ1n) is 10.5. The number of nitrogens with zero attached hydrogens (tertiary/aromatic N) is 4. The molecule has 1 N–H and O–H groups in total. The smallest absolute Gasteiger partial charge is 0.147 e. The molecule has 1 aliphatic heterocycles. The number of ether oxygens (including phenoxy) is 1. The van der Waals surface area contributed by atoms with Crippen molar-refractivity contribution < 1.29 is 4.74 Å². The Bertz CT molecular complexity index is 996. The van der Waals surface area contributed by atoms with Crippen LogP contribution in [0.1, 0.15) is 36.6 Å².